The molecule has 0 aliphatic carbocycles. The molecule has 180 valence electrons. The number of hydrogen-bond acceptors (Lipinski definition) is 9. The number of ether oxygens (including phenoxy) is 5. The van der Waals surface area contributed by atoms with E-state index in [9.17, 15) is 4.79 Å². The molecule has 0 radical (unpaired) electrons. The SMILES string of the molecule is COc1ccc(OC)c2sc(N(CCN3CCOCC3)C(=O)c3ccc4c(c3)OCCO4)nc12. The maximum absolute atomic E-state index is 13.8. The molecule has 34 heavy (non-hydrogen) atoms. The lowest BCUT2D eigenvalue weighted by Crippen LogP contribution is -2.43. The molecule has 9 nitrogen and oxygen atoms in total. The number of morpholine rings is 1. The van der Waals surface area contributed by atoms with Crippen LogP contribution < -0.4 is 23.8 Å². The standard InChI is InChI=1S/C24H27N3O6S/c1-29-18-5-6-19(30-2)22-21(18)25-24(34-22)27(8-7-26-9-11-31-12-10-26)23(28)16-3-4-17-20(15-16)33-14-13-32-17/h3-6,15H,7-14H2,1-2H3. The summed E-state index contributed by atoms with van der Waals surface area (Å²) in [4.78, 5) is 22.6. The van der Waals surface area contributed by atoms with Gasteiger partial charge >= 0.3 is 0 Å². The minimum Gasteiger partial charge on any atom is -0.495 e. The quantitative estimate of drug-likeness (QED) is 0.505. The van der Waals surface area contributed by atoms with E-state index in [4.69, 9.17) is 28.7 Å². The highest BCUT2D eigenvalue weighted by molar-refractivity contribution is 7.22. The molecule has 2 aliphatic rings. The summed E-state index contributed by atoms with van der Waals surface area (Å²) < 4.78 is 28.7. The zero-order valence-electron chi connectivity index (χ0n) is 19.2. The summed E-state index contributed by atoms with van der Waals surface area (Å²) in [5, 5.41) is 0.589. The lowest BCUT2D eigenvalue weighted by molar-refractivity contribution is 0.0391. The zero-order chi connectivity index (χ0) is 23.5. The molecular formula is C24H27N3O6S. The monoisotopic (exact) mass is 485 g/mol. The van der Waals surface area contributed by atoms with Crippen molar-refractivity contribution in [3.05, 3.63) is 35.9 Å². The molecule has 10 heteroatoms. The van der Waals surface area contributed by atoms with Crippen LogP contribution in [0.4, 0.5) is 5.13 Å². The van der Waals surface area contributed by atoms with Crippen LogP contribution in [0.25, 0.3) is 10.2 Å². The number of thiazole rings is 1. The topological polar surface area (TPSA) is 82.6 Å². The second kappa shape index (κ2) is 10.0. The normalized spacial score (nSPS) is 15.8. The van der Waals surface area contributed by atoms with Crippen LogP contribution in [0.2, 0.25) is 0 Å². The summed E-state index contributed by atoms with van der Waals surface area (Å²) >= 11 is 1.41. The molecule has 0 N–H and O–H groups in total. The molecule has 1 aromatic heterocycles. The van der Waals surface area contributed by atoms with Crippen LogP contribution >= 0.6 is 11.3 Å². The summed E-state index contributed by atoms with van der Waals surface area (Å²) in [6.07, 6.45) is 0. The molecule has 0 unspecified atom stereocenters. The Balaban J connectivity index is 1.51. The van der Waals surface area contributed by atoms with E-state index in [1.807, 2.05) is 12.1 Å². The number of methoxy groups -OCH3 is 2. The van der Waals surface area contributed by atoms with Crippen molar-refractivity contribution < 1.29 is 28.5 Å². The van der Waals surface area contributed by atoms with Crippen molar-refractivity contribution in [2.24, 2.45) is 0 Å². The Kier molecular flexibility index (Phi) is 6.70. The fourth-order valence-electron chi connectivity index (χ4n) is 4.07. The number of fused-ring (bicyclic) bond motifs is 2. The summed E-state index contributed by atoms with van der Waals surface area (Å²) in [6.45, 7) is 5.24. The van der Waals surface area contributed by atoms with Gasteiger partial charge in [-0.2, -0.15) is 0 Å². The minimum absolute atomic E-state index is 0.151. The molecular weight excluding hydrogens is 458 g/mol. The van der Waals surface area contributed by atoms with Gasteiger partial charge in [0.2, 0.25) is 0 Å². The summed E-state index contributed by atoms with van der Waals surface area (Å²) in [5.41, 5.74) is 1.19. The van der Waals surface area contributed by atoms with Crippen LogP contribution in [-0.4, -0.2) is 82.6 Å². The van der Waals surface area contributed by atoms with Gasteiger partial charge in [0.05, 0.1) is 27.4 Å². The Hall–Kier alpha value is -3.08. The van der Waals surface area contributed by atoms with Crippen LogP contribution in [0.1, 0.15) is 10.4 Å². The number of carbonyl (C=O) groups excluding carboxylic acids is 1. The van der Waals surface area contributed by atoms with Gasteiger partial charge in [-0.25, -0.2) is 4.98 Å². The Morgan fingerprint density at radius 1 is 1.03 bits per heavy atom. The van der Waals surface area contributed by atoms with Crippen LogP contribution in [0.3, 0.4) is 0 Å². The fourth-order valence-corrected chi connectivity index (χ4v) is 5.17. The predicted octanol–water partition coefficient (Wildman–Crippen LogP) is 3.06. The van der Waals surface area contributed by atoms with Crippen molar-refractivity contribution in [2.45, 2.75) is 0 Å². The third-order valence-electron chi connectivity index (χ3n) is 5.91. The van der Waals surface area contributed by atoms with Crippen molar-refractivity contribution in [2.75, 3.05) is 71.7 Å². The van der Waals surface area contributed by atoms with Gasteiger partial charge in [0.15, 0.2) is 16.6 Å². The van der Waals surface area contributed by atoms with Crippen LogP contribution in [-0.2, 0) is 4.74 Å². The van der Waals surface area contributed by atoms with E-state index in [0.717, 1.165) is 17.8 Å². The predicted molar refractivity (Wildman–Crippen MR) is 129 cm³/mol. The van der Waals surface area contributed by atoms with Crippen molar-refractivity contribution in [1.82, 2.24) is 9.88 Å². The number of carbonyl (C=O) groups is 1. The van der Waals surface area contributed by atoms with Crippen molar-refractivity contribution in [1.29, 1.82) is 0 Å². The Labute approximate surface area is 201 Å². The first kappa shape index (κ1) is 22.7. The first-order chi connectivity index (χ1) is 16.7. The van der Waals surface area contributed by atoms with E-state index in [1.54, 1.807) is 37.3 Å². The van der Waals surface area contributed by atoms with Gasteiger partial charge in [-0.1, -0.05) is 11.3 Å². The average Bonchev–Trinajstić information content (AvgIpc) is 3.33. The summed E-state index contributed by atoms with van der Waals surface area (Å²) in [5.74, 6) is 2.41. The van der Waals surface area contributed by atoms with Crippen molar-refractivity contribution >= 4 is 32.6 Å². The van der Waals surface area contributed by atoms with E-state index in [2.05, 4.69) is 4.90 Å². The lowest BCUT2D eigenvalue weighted by atomic mass is 10.1. The van der Waals surface area contributed by atoms with Gasteiger partial charge in [-0.15, -0.1) is 0 Å². The molecule has 5 rings (SSSR count). The van der Waals surface area contributed by atoms with Gasteiger partial charge in [0.25, 0.3) is 5.91 Å². The van der Waals surface area contributed by atoms with Gasteiger partial charge in [0.1, 0.15) is 34.9 Å². The fraction of sp³-hybridized carbons (Fsp3) is 0.417. The van der Waals surface area contributed by atoms with E-state index >= 15 is 0 Å². The minimum atomic E-state index is -0.151. The summed E-state index contributed by atoms with van der Waals surface area (Å²) in [7, 11) is 3.23. The highest BCUT2D eigenvalue weighted by Crippen LogP contribution is 2.40. The Morgan fingerprint density at radius 3 is 2.53 bits per heavy atom. The van der Waals surface area contributed by atoms with Gasteiger partial charge < -0.3 is 23.7 Å². The third kappa shape index (κ3) is 4.48. The van der Waals surface area contributed by atoms with E-state index in [-0.39, 0.29) is 5.91 Å². The largest absolute Gasteiger partial charge is 0.495 e. The molecule has 0 bridgehead atoms. The number of amides is 1. The molecule has 0 spiro atoms. The Morgan fingerprint density at radius 2 is 1.76 bits per heavy atom. The van der Waals surface area contributed by atoms with Gasteiger partial charge in [-0.05, 0) is 30.3 Å². The Bertz CT molecular complexity index is 1140. The van der Waals surface area contributed by atoms with E-state index in [1.165, 1.54) is 11.3 Å². The molecule has 1 fully saturated rings. The molecule has 3 heterocycles. The molecule has 0 atom stereocenters. The van der Waals surface area contributed by atoms with Gasteiger partial charge in [0, 0.05) is 31.7 Å². The maximum Gasteiger partial charge on any atom is 0.260 e. The molecule has 2 aliphatic heterocycles. The maximum atomic E-state index is 13.8. The first-order valence-electron chi connectivity index (χ1n) is 11.2. The van der Waals surface area contributed by atoms with Gasteiger partial charge in [-0.3, -0.25) is 14.6 Å². The van der Waals surface area contributed by atoms with Crippen LogP contribution in [0.15, 0.2) is 30.3 Å². The first-order valence-corrected chi connectivity index (χ1v) is 12.0. The number of benzene rings is 2. The molecule has 0 saturated carbocycles. The second-order valence-corrected chi connectivity index (χ2v) is 8.89. The highest BCUT2D eigenvalue weighted by atomic mass is 32.1. The number of anilines is 1. The number of rotatable bonds is 7. The highest BCUT2D eigenvalue weighted by Gasteiger charge is 2.26. The zero-order valence-corrected chi connectivity index (χ0v) is 20.1. The number of hydrogen-bond donors (Lipinski definition) is 0. The third-order valence-corrected chi connectivity index (χ3v) is 7.00. The lowest BCUT2D eigenvalue weighted by Gasteiger charge is -2.29. The van der Waals surface area contributed by atoms with Crippen LogP contribution in [0.5, 0.6) is 23.0 Å². The smallest absolute Gasteiger partial charge is 0.260 e. The summed E-state index contributed by atoms with van der Waals surface area (Å²) in [6, 6.07) is 8.97. The van der Waals surface area contributed by atoms with E-state index < -0.39 is 0 Å². The average molecular weight is 486 g/mol. The van der Waals surface area contributed by atoms with Crippen molar-refractivity contribution in [3.8, 4) is 23.0 Å². The van der Waals surface area contributed by atoms with E-state index in [0.29, 0.717) is 78.7 Å². The number of nitrogens with zero attached hydrogens (tertiary/aromatic N) is 3. The molecule has 1 saturated heterocycles. The molecule has 1 amide bonds. The van der Waals surface area contributed by atoms with Crippen LogP contribution in [0, 0.1) is 0 Å². The second-order valence-electron chi connectivity index (χ2n) is 7.91. The molecule has 2 aromatic carbocycles. The van der Waals surface area contributed by atoms with Crippen molar-refractivity contribution in [3.63, 3.8) is 0 Å². The molecule has 3 aromatic rings. The number of aromatic nitrogens is 1.